The summed E-state index contributed by atoms with van der Waals surface area (Å²) in [5, 5.41) is 3.33. The largest absolute Gasteiger partial charge is 0.456 e. The topological polar surface area (TPSA) is 59.3 Å². The zero-order chi connectivity index (χ0) is 21.3. The standard InChI is InChI=1S/C26H23NO3/c1-26(2,3)19-11-9-17(10-12-19)23-16-22(28)21-14-13-20(15-24(21)30-23)27-25(29)18-7-5-4-6-8-18/h4-16H,1-3H3,(H,27,29). The Labute approximate surface area is 175 Å². The van der Waals surface area contributed by atoms with Crippen LogP contribution in [0.5, 0.6) is 0 Å². The highest BCUT2D eigenvalue weighted by atomic mass is 16.3. The molecule has 1 heterocycles. The van der Waals surface area contributed by atoms with Crippen molar-refractivity contribution < 1.29 is 9.21 Å². The second kappa shape index (κ2) is 7.64. The second-order valence-corrected chi connectivity index (χ2v) is 8.33. The van der Waals surface area contributed by atoms with E-state index in [0.29, 0.717) is 28.0 Å². The first-order valence-electron chi connectivity index (χ1n) is 9.86. The molecule has 0 aliphatic heterocycles. The molecule has 1 N–H and O–H groups in total. The van der Waals surface area contributed by atoms with Crippen LogP contribution in [0, 0.1) is 0 Å². The number of hydrogen-bond donors (Lipinski definition) is 1. The third kappa shape index (κ3) is 4.03. The molecule has 4 heteroatoms. The number of fused-ring (bicyclic) bond motifs is 1. The van der Waals surface area contributed by atoms with Crippen molar-refractivity contribution in [1.29, 1.82) is 0 Å². The first-order valence-corrected chi connectivity index (χ1v) is 9.86. The third-order valence-corrected chi connectivity index (χ3v) is 5.06. The second-order valence-electron chi connectivity index (χ2n) is 8.33. The summed E-state index contributed by atoms with van der Waals surface area (Å²) in [7, 11) is 0. The van der Waals surface area contributed by atoms with Gasteiger partial charge in [0.05, 0.1) is 5.39 Å². The quantitative estimate of drug-likeness (QED) is 0.460. The fourth-order valence-electron chi connectivity index (χ4n) is 3.30. The molecule has 0 aliphatic carbocycles. The van der Waals surface area contributed by atoms with E-state index in [1.165, 1.54) is 11.6 Å². The van der Waals surface area contributed by atoms with Gasteiger partial charge in [0.1, 0.15) is 11.3 Å². The molecule has 0 saturated carbocycles. The minimum atomic E-state index is -0.216. The predicted octanol–water partition coefficient (Wildman–Crippen LogP) is 6.01. The van der Waals surface area contributed by atoms with Crippen LogP contribution in [0.3, 0.4) is 0 Å². The van der Waals surface area contributed by atoms with Crippen molar-refractivity contribution in [2.45, 2.75) is 26.2 Å². The Hall–Kier alpha value is -3.66. The molecule has 0 saturated heterocycles. The number of hydrogen-bond acceptors (Lipinski definition) is 3. The van der Waals surface area contributed by atoms with Gasteiger partial charge in [-0.25, -0.2) is 0 Å². The van der Waals surface area contributed by atoms with E-state index >= 15 is 0 Å². The summed E-state index contributed by atoms with van der Waals surface area (Å²) >= 11 is 0. The minimum Gasteiger partial charge on any atom is -0.456 e. The molecule has 0 radical (unpaired) electrons. The highest BCUT2D eigenvalue weighted by Crippen LogP contribution is 2.28. The van der Waals surface area contributed by atoms with Gasteiger partial charge in [0.15, 0.2) is 5.43 Å². The number of carbonyl (C=O) groups excluding carboxylic acids is 1. The fourth-order valence-corrected chi connectivity index (χ4v) is 3.30. The molecule has 0 fully saturated rings. The van der Waals surface area contributed by atoms with Crippen LogP contribution in [-0.4, -0.2) is 5.91 Å². The van der Waals surface area contributed by atoms with E-state index < -0.39 is 0 Å². The van der Waals surface area contributed by atoms with Gasteiger partial charge in [-0.05, 0) is 35.2 Å². The average molecular weight is 397 g/mol. The van der Waals surface area contributed by atoms with E-state index in [0.717, 1.165) is 5.56 Å². The third-order valence-electron chi connectivity index (χ3n) is 5.06. The van der Waals surface area contributed by atoms with Crippen molar-refractivity contribution in [2.75, 3.05) is 5.32 Å². The van der Waals surface area contributed by atoms with Crippen LogP contribution in [0.1, 0.15) is 36.7 Å². The number of carbonyl (C=O) groups is 1. The van der Waals surface area contributed by atoms with Crippen LogP contribution in [-0.2, 0) is 5.41 Å². The molecule has 3 aromatic carbocycles. The molecule has 150 valence electrons. The molecular formula is C26H23NO3. The van der Waals surface area contributed by atoms with E-state index in [9.17, 15) is 9.59 Å². The predicted molar refractivity (Wildman–Crippen MR) is 121 cm³/mol. The van der Waals surface area contributed by atoms with Gasteiger partial charge in [-0.3, -0.25) is 9.59 Å². The number of nitrogens with one attached hydrogen (secondary N) is 1. The number of anilines is 1. The zero-order valence-corrected chi connectivity index (χ0v) is 17.2. The maximum absolute atomic E-state index is 12.6. The van der Waals surface area contributed by atoms with Crippen LogP contribution in [0.2, 0.25) is 0 Å². The summed E-state index contributed by atoms with van der Waals surface area (Å²) in [6, 6.07) is 23.6. The zero-order valence-electron chi connectivity index (χ0n) is 17.2. The van der Waals surface area contributed by atoms with Gasteiger partial charge in [-0.2, -0.15) is 0 Å². The van der Waals surface area contributed by atoms with E-state index in [-0.39, 0.29) is 16.8 Å². The van der Waals surface area contributed by atoms with Crippen molar-refractivity contribution in [1.82, 2.24) is 0 Å². The van der Waals surface area contributed by atoms with Crippen LogP contribution in [0.15, 0.2) is 88.1 Å². The van der Waals surface area contributed by atoms with Gasteiger partial charge in [0, 0.05) is 28.9 Å². The molecule has 4 rings (SSSR count). The molecule has 0 spiro atoms. The maximum atomic E-state index is 12.6. The molecule has 0 atom stereocenters. The summed E-state index contributed by atoms with van der Waals surface area (Å²) in [4.78, 5) is 25.0. The summed E-state index contributed by atoms with van der Waals surface area (Å²) < 4.78 is 6.03. The van der Waals surface area contributed by atoms with Gasteiger partial charge in [0.25, 0.3) is 5.91 Å². The van der Waals surface area contributed by atoms with Crippen molar-refractivity contribution in [2.24, 2.45) is 0 Å². The lowest BCUT2D eigenvalue weighted by atomic mass is 9.86. The molecule has 30 heavy (non-hydrogen) atoms. The van der Waals surface area contributed by atoms with Crippen molar-refractivity contribution in [3.8, 4) is 11.3 Å². The van der Waals surface area contributed by atoms with Crippen molar-refractivity contribution >= 4 is 22.6 Å². The van der Waals surface area contributed by atoms with Crippen LogP contribution < -0.4 is 10.7 Å². The Kier molecular flexibility index (Phi) is 5.00. The average Bonchev–Trinajstić information content (AvgIpc) is 2.73. The van der Waals surface area contributed by atoms with Gasteiger partial charge < -0.3 is 9.73 Å². The summed E-state index contributed by atoms with van der Waals surface area (Å²) in [5.74, 6) is 0.283. The Balaban J connectivity index is 1.68. The molecule has 0 aliphatic rings. The van der Waals surface area contributed by atoms with Gasteiger partial charge in [-0.1, -0.05) is 63.2 Å². The summed E-state index contributed by atoms with van der Waals surface area (Å²) in [6.07, 6.45) is 0. The van der Waals surface area contributed by atoms with E-state index in [4.69, 9.17) is 4.42 Å². The monoisotopic (exact) mass is 397 g/mol. The highest BCUT2D eigenvalue weighted by molar-refractivity contribution is 6.04. The summed E-state index contributed by atoms with van der Waals surface area (Å²) in [6.45, 7) is 6.47. The molecule has 1 aromatic heterocycles. The molecular weight excluding hydrogens is 374 g/mol. The minimum absolute atomic E-state index is 0.0502. The Bertz CT molecular complexity index is 1260. The SMILES string of the molecule is CC(C)(C)c1ccc(-c2cc(=O)c3ccc(NC(=O)c4ccccc4)cc3o2)cc1. The van der Waals surface area contributed by atoms with Gasteiger partial charge in [0.2, 0.25) is 0 Å². The van der Waals surface area contributed by atoms with E-state index in [1.807, 2.05) is 30.3 Å². The molecule has 1 amide bonds. The molecule has 0 unspecified atom stereocenters. The maximum Gasteiger partial charge on any atom is 0.255 e. The van der Waals surface area contributed by atoms with E-state index in [1.54, 1.807) is 30.3 Å². The van der Waals surface area contributed by atoms with Crippen LogP contribution in [0.4, 0.5) is 5.69 Å². The smallest absolute Gasteiger partial charge is 0.255 e. The summed E-state index contributed by atoms with van der Waals surface area (Å²) in [5.41, 5.74) is 3.54. The van der Waals surface area contributed by atoms with Crippen molar-refractivity contribution in [3.63, 3.8) is 0 Å². The fraction of sp³-hybridized carbons (Fsp3) is 0.154. The number of rotatable bonds is 3. The van der Waals surface area contributed by atoms with Gasteiger partial charge >= 0.3 is 0 Å². The Morgan fingerprint density at radius 3 is 2.23 bits per heavy atom. The lowest BCUT2D eigenvalue weighted by Gasteiger charge is -2.19. The van der Waals surface area contributed by atoms with Gasteiger partial charge in [-0.15, -0.1) is 0 Å². The Morgan fingerprint density at radius 1 is 0.867 bits per heavy atom. The normalized spacial score (nSPS) is 11.4. The van der Waals surface area contributed by atoms with E-state index in [2.05, 4.69) is 38.2 Å². The Morgan fingerprint density at radius 2 is 1.57 bits per heavy atom. The van der Waals surface area contributed by atoms with Crippen LogP contribution in [0.25, 0.3) is 22.3 Å². The molecule has 4 nitrogen and oxygen atoms in total. The lowest BCUT2D eigenvalue weighted by molar-refractivity contribution is 0.102. The number of amides is 1. The van der Waals surface area contributed by atoms with Crippen molar-refractivity contribution in [3.05, 3.63) is 100 Å². The first kappa shape index (κ1) is 19.6. The molecule has 4 aromatic rings. The molecule has 0 bridgehead atoms. The lowest BCUT2D eigenvalue weighted by Crippen LogP contribution is -2.12. The first-order chi connectivity index (χ1) is 14.3. The highest BCUT2D eigenvalue weighted by Gasteiger charge is 2.14. The van der Waals surface area contributed by atoms with Crippen LogP contribution >= 0.6 is 0 Å². The number of benzene rings is 3.